The number of nitrogens with zero attached hydrogens (tertiary/aromatic N) is 2. The number of nitrogens with one attached hydrogen (secondary N) is 1. The molecule has 0 unspecified atom stereocenters. The Balaban J connectivity index is 1.65. The fourth-order valence-electron chi connectivity index (χ4n) is 2.77. The zero-order chi connectivity index (χ0) is 19.3. The number of hydrazone groups is 1. The second-order valence-corrected chi connectivity index (χ2v) is 6.90. The quantitative estimate of drug-likeness (QED) is 0.253. The summed E-state index contributed by atoms with van der Waals surface area (Å²) in [6.45, 7) is 0. The van der Waals surface area contributed by atoms with Crippen molar-refractivity contribution in [1.29, 1.82) is 0 Å². The Bertz CT molecular complexity index is 1070. The van der Waals surface area contributed by atoms with Crippen molar-refractivity contribution in [2.24, 2.45) is 5.10 Å². The molecule has 0 aliphatic heterocycles. The molecule has 5 nitrogen and oxygen atoms in total. The molecule has 138 valence electrons. The molecule has 0 amide bonds. The van der Waals surface area contributed by atoms with Gasteiger partial charge in [0.05, 0.1) is 11.4 Å². The second kappa shape index (κ2) is 7.94. The summed E-state index contributed by atoms with van der Waals surface area (Å²) >= 11 is 1.37. The van der Waals surface area contributed by atoms with Crippen molar-refractivity contribution in [2.45, 2.75) is 0 Å². The smallest absolute Gasteiger partial charge is 0.203 e. The lowest BCUT2D eigenvalue weighted by Gasteiger charge is -2.07. The lowest BCUT2D eigenvalue weighted by molar-refractivity contribution is 0.462. The molecule has 4 aromatic rings. The van der Waals surface area contributed by atoms with Crippen molar-refractivity contribution in [3.8, 4) is 22.8 Å². The van der Waals surface area contributed by atoms with E-state index in [1.807, 2.05) is 60.7 Å². The predicted molar refractivity (Wildman–Crippen MR) is 113 cm³/mol. The standard InChI is InChI=1S/C22H17N3O2S/c26-17-11-12-20(27)18(13-17)19-14-28-22(23-19)25-24-21(15-7-3-1-4-8-15)16-9-5-2-6-10-16/h1-14,26-27H,(H,23,25). The van der Waals surface area contributed by atoms with E-state index in [4.69, 9.17) is 0 Å². The Morgan fingerprint density at radius 3 is 2.14 bits per heavy atom. The molecule has 28 heavy (non-hydrogen) atoms. The minimum absolute atomic E-state index is 0.0624. The molecule has 0 aliphatic carbocycles. The van der Waals surface area contributed by atoms with Gasteiger partial charge in [-0.2, -0.15) is 5.10 Å². The number of anilines is 1. The summed E-state index contributed by atoms with van der Waals surface area (Å²) in [7, 11) is 0. The summed E-state index contributed by atoms with van der Waals surface area (Å²) in [6, 6.07) is 24.2. The summed E-state index contributed by atoms with van der Waals surface area (Å²) in [5.74, 6) is 0.135. The minimum Gasteiger partial charge on any atom is -0.508 e. The van der Waals surface area contributed by atoms with E-state index in [9.17, 15) is 10.2 Å². The molecule has 0 aliphatic rings. The fourth-order valence-corrected chi connectivity index (χ4v) is 3.42. The maximum Gasteiger partial charge on any atom is 0.203 e. The summed E-state index contributed by atoms with van der Waals surface area (Å²) in [4.78, 5) is 4.47. The van der Waals surface area contributed by atoms with Crippen LogP contribution >= 0.6 is 11.3 Å². The molecular weight excluding hydrogens is 370 g/mol. The third-order valence-corrected chi connectivity index (χ3v) is 4.87. The molecular formula is C22H17N3O2S. The first-order chi connectivity index (χ1) is 13.7. The van der Waals surface area contributed by atoms with Crippen molar-refractivity contribution in [1.82, 2.24) is 4.98 Å². The van der Waals surface area contributed by atoms with Crippen LogP contribution in [0.2, 0.25) is 0 Å². The van der Waals surface area contributed by atoms with E-state index in [0.717, 1.165) is 16.8 Å². The van der Waals surface area contributed by atoms with E-state index in [2.05, 4.69) is 15.5 Å². The molecule has 0 saturated heterocycles. The molecule has 0 bridgehead atoms. The maximum atomic E-state index is 10.0. The van der Waals surface area contributed by atoms with Crippen molar-refractivity contribution in [2.75, 3.05) is 5.43 Å². The lowest BCUT2D eigenvalue weighted by Crippen LogP contribution is -2.06. The van der Waals surface area contributed by atoms with Crippen molar-refractivity contribution in [3.63, 3.8) is 0 Å². The normalized spacial score (nSPS) is 10.4. The van der Waals surface area contributed by atoms with E-state index in [-0.39, 0.29) is 11.5 Å². The van der Waals surface area contributed by atoms with Crippen LogP contribution in [0.25, 0.3) is 11.3 Å². The molecule has 3 N–H and O–H groups in total. The maximum absolute atomic E-state index is 10.0. The Morgan fingerprint density at radius 2 is 1.50 bits per heavy atom. The van der Waals surface area contributed by atoms with Crippen molar-refractivity contribution >= 4 is 22.2 Å². The molecule has 3 aromatic carbocycles. The van der Waals surface area contributed by atoms with E-state index < -0.39 is 0 Å². The zero-order valence-electron chi connectivity index (χ0n) is 14.8. The lowest BCUT2D eigenvalue weighted by atomic mass is 10.0. The Hall–Kier alpha value is -3.64. The predicted octanol–water partition coefficient (Wildman–Crippen LogP) is 5.09. The van der Waals surface area contributed by atoms with Gasteiger partial charge in [0.1, 0.15) is 11.5 Å². The number of aromatic nitrogens is 1. The summed E-state index contributed by atoms with van der Waals surface area (Å²) in [5.41, 5.74) is 6.84. The first-order valence-electron chi connectivity index (χ1n) is 8.63. The van der Waals surface area contributed by atoms with E-state index in [1.54, 1.807) is 5.38 Å². The molecule has 0 fully saturated rings. The van der Waals surface area contributed by atoms with Crippen molar-refractivity contribution in [3.05, 3.63) is 95.4 Å². The molecule has 4 rings (SSSR count). The Kier molecular flexibility index (Phi) is 5.03. The molecule has 0 saturated carbocycles. The molecule has 0 spiro atoms. The van der Waals surface area contributed by atoms with E-state index >= 15 is 0 Å². The van der Waals surface area contributed by atoms with Gasteiger partial charge < -0.3 is 10.2 Å². The monoisotopic (exact) mass is 387 g/mol. The van der Waals surface area contributed by atoms with Gasteiger partial charge in [0.15, 0.2) is 0 Å². The highest BCUT2D eigenvalue weighted by molar-refractivity contribution is 7.14. The molecule has 6 heteroatoms. The number of phenols is 2. The highest BCUT2D eigenvalue weighted by Gasteiger charge is 2.11. The SMILES string of the molecule is Oc1ccc(O)c(-c2csc(NN=C(c3ccccc3)c3ccccc3)n2)c1. The third kappa shape index (κ3) is 3.87. The van der Waals surface area contributed by atoms with Crippen LogP contribution in [-0.4, -0.2) is 20.9 Å². The zero-order valence-corrected chi connectivity index (χ0v) is 15.6. The second-order valence-electron chi connectivity index (χ2n) is 6.04. The van der Waals surface area contributed by atoms with Crippen LogP contribution in [-0.2, 0) is 0 Å². The topological polar surface area (TPSA) is 77.7 Å². The number of thiazole rings is 1. The van der Waals surface area contributed by atoms with E-state index in [0.29, 0.717) is 16.4 Å². The summed E-state index contributed by atoms with van der Waals surface area (Å²) in [6.07, 6.45) is 0. The first-order valence-corrected chi connectivity index (χ1v) is 9.51. The average Bonchev–Trinajstić information content (AvgIpc) is 3.20. The molecule has 0 atom stereocenters. The van der Waals surface area contributed by atoms with Crippen LogP contribution in [0.5, 0.6) is 11.5 Å². The van der Waals surface area contributed by atoms with Gasteiger partial charge in [-0.1, -0.05) is 60.7 Å². The minimum atomic E-state index is 0.0624. The number of phenolic OH excluding ortho intramolecular Hbond substituents is 2. The average molecular weight is 387 g/mol. The number of rotatable bonds is 5. The number of benzene rings is 3. The van der Waals surface area contributed by atoms with Gasteiger partial charge in [-0.25, -0.2) is 4.98 Å². The number of hydrogen-bond donors (Lipinski definition) is 3. The molecule has 1 heterocycles. The van der Waals surface area contributed by atoms with Gasteiger partial charge in [-0.05, 0) is 18.2 Å². The Morgan fingerprint density at radius 1 is 0.857 bits per heavy atom. The summed E-state index contributed by atoms with van der Waals surface area (Å²) < 4.78 is 0. The van der Waals surface area contributed by atoms with Gasteiger partial charge in [0.25, 0.3) is 0 Å². The van der Waals surface area contributed by atoms with Crippen LogP contribution in [0.3, 0.4) is 0 Å². The Labute approximate surface area is 166 Å². The molecule has 1 aromatic heterocycles. The highest BCUT2D eigenvalue weighted by atomic mass is 32.1. The van der Waals surface area contributed by atoms with Crippen LogP contribution in [0.4, 0.5) is 5.13 Å². The number of aromatic hydroxyl groups is 2. The van der Waals surface area contributed by atoms with Gasteiger partial charge >= 0.3 is 0 Å². The summed E-state index contributed by atoms with van der Waals surface area (Å²) in [5, 5.41) is 26.7. The van der Waals surface area contributed by atoms with E-state index in [1.165, 1.54) is 29.5 Å². The van der Waals surface area contributed by atoms with Crippen LogP contribution in [0.1, 0.15) is 11.1 Å². The van der Waals surface area contributed by atoms with Crippen LogP contribution in [0.15, 0.2) is 89.3 Å². The third-order valence-electron chi connectivity index (χ3n) is 4.12. The first kappa shape index (κ1) is 17.8. The van der Waals surface area contributed by atoms with Gasteiger partial charge in [-0.15, -0.1) is 11.3 Å². The van der Waals surface area contributed by atoms with Gasteiger partial charge in [0.2, 0.25) is 5.13 Å². The van der Waals surface area contributed by atoms with Gasteiger partial charge in [0, 0.05) is 22.1 Å². The fraction of sp³-hybridized carbons (Fsp3) is 0. The van der Waals surface area contributed by atoms with Crippen LogP contribution in [0, 0.1) is 0 Å². The van der Waals surface area contributed by atoms with Crippen molar-refractivity contribution < 1.29 is 10.2 Å². The van der Waals surface area contributed by atoms with Crippen LogP contribution < -0.4 is 5.43 Å². The highest BCUT2D eigenvalue weighted by Crippen LogP contribution is 2.34. The number of hydrogen-bond acceptors (Lipinski definition) is 6. The largest absolute Gasteiger partial charge is 0.508 e. The van der Waals surface area contributed by atoms with Gasteiger partial charge in [-0.3, -0.25) is 5.43 Å². The molecule has 0 radical (unpaired) electrons.